The van der Waals surface area contributed by atoms with E-state index in [-0.39, 0.29) is 6.29 Å². The second-order valence-corrected chi connectivity index (χ2v) is 5.65. The van der Waals surface area contributed by atoms with Gasteiger partial charge in [0, 0.05) is 18.1 Å². The summed E-state index contributed by atoms with van der Waals surface area (Å²) in [6.07, 6.45) is 4.32. The highest BCUT2D eigenvalue weighted by Gasteiger charge is 2.18. The van der Waals surface area contributed by atoms with Gasteiger partial charge < -0.3 is 18.6 Å². The molecule has 3 heterocycles. The molecule has 24 heavy (non-hydrogen) atoms. The first-order valence-electron chi connectivity index (χ1n) is 8.01. The van der Waals surface area contributed by atoms with Crippen LogP contribution in [0.3, 0.4) is 0 Å². The number of aromatic nitrogens is 2. The second kappa shape index (κ2) is 6.49. The van der Waals surface area contributed by atoms with Crippen LogP contribution in [0.1, 0.15) is 19.3 Å². The zero-order valence-electron chi connectivity index (χ0n) is 13.4. The standard InChI is InChI=1S/C18H18N2O4/c1-21-16-8-7-15(23-16)12-5-6-14-13(10-12)18(20-11-19-14)24-17-4-2-3-9-22-17/h5-8,10-11,17H,2-4,9H2,1H3. The third kappa shape index (κ3) is 2.92. The van der Waals surface area contributed by atoms with Gasteiger partial charge in [0.25, 0.3) is 5.95 Å². The van der Waals surface area contributed by atoms with E-state index in [0.29, 0.717) is 11.8 Å². The number of ether oxygens (including phenoxy) is 3. The van der Waals surface area contributed by atoms with Gasteiger partial charge in [-0.15, -0.1) is 0 Å². The van der Waals surface area contributed by atoms with E-state index in [1.165, 1.54) is 6.33 Å². The zero-order chi connectivity index (χ0) is 16.4. The number of rotatable bonds is 4. The Morgan fingerprint density at radius 2 is 2.08 bits per heavy atom. The molecular weight excluding hydrogens is 308 g/mol. The van der Waals surface area contributed by atoms with Crippen LogP contribution in [0.2, 0.25) is 0 Å². The fourth-order valence-corrected chi connectivity index (χ4v) is 2.79. The molecule has 1 fully saturated rings. The van der Waals surface area contributed by atoms with Gasteiger partial charge in [-0.2, -0.15) is 0 Å². The van der Waals surface area contributed by atoms with Crippen molar-refractivity contribution in [3.63, 3.8) is 0 Å². The maximum Gasteiger partial charge on any atom is 0.284 e. The summed E-state index contributed by atoms with van der Waals surface area (Å²) in [6.45, 7) is 0.727. The molecule has 1 aliphatic heterocycles. The van der Waals surface area contributed by atoms with Crippen LogP contribution in [0.15, 0.2) is 41.1 Å². The number of fused-ring (bicyclic) bond motifs is 1. The number of hydrogen-bond donors (Lipinski definition) is 0. The minimum atomic E-state index is -0.246. The molecule has 0 N–H and O–H groups in total. The van der Waals surface area contributed by atoms with E-state index in [2.05, 4.69) is 9.97 Å². The van der Waals surface area contributed by atoms with Crippen molar-refractivity contribution in [1.29, 1.82) is 0 Å². The van der Waals surface area contributed by atoms with Crippen LogP contribution < -0.4 is 9.47 Å². The molecule has 6 nitrogen and oxygen atoms in total. The third-order valence-electron chi connectivity index (χ3n) is 4.05. The first kappa shape index (κ1) is 15.0. The number of methoxy groups -OCH3 is 1. The molecule has 6 heteroatoms. The van der Waals surface area contributed by atoms with Crippen LogP contribution in [0, 0.1) is 0 Å². The molecule has 0 saturated carbocycles. The quantitative estimate of drug-likeness (QED) is 0.726. The summed E-state index contributed by atoms with van der Waals surface area (Å²) < 4.78 is 22.3. The van der Waals surface area contributed by atoms with Gasteiger partial charge >= 0.3 is 0 Å². The summed E-state index contributed by atoms with van der Waals surface area (Å²) in [4.78, 5) is 8.59. The lowest BCUT2D eigenvalue weighted by molar-refractivity contribution is -0.107. The normalized spacial score (nSPS) is 17.8. The summed E-state index contributed by atoms with van der Waals surface area (Å²) in [5.41, 5.74) is 1.73. The minimum Gasteiger partial charge on any atom is -0.468 e. The van der Waals surface area contributed by atoms with Gasteiger partial charge in [-0.05, 0) is 37.1 Å². The maximum absolute atomic E-state index is 5.96. The van der Waals surface area contributed by atoms with Crippen LogP contribution in [0.5, 0.6) is 11.8 Å². The molecule has 1 aromatic carbocycles. The van der Waals surface area contributed by atoms with E-state index in [0.717, 1.165) is 48.1 Å². The SMILES string of the molecule is COc1ccc(-c2ccc3ncnc(OC4CCCCO4)c3c2)o1. The fraction of sp³-hybridized carbons (Fsp3) is 0.333. The molecule has 2 aromatic heterocycles. The van der Waals surface area contributed by atoms with Crippen molar-refractivity contribution in [2.75, 3.05) is 13.7 Å². The van der Waals surface area contributed by atoms with Crippen molar-refractivity contribution in [1.82, 2.24) is 9.97 Å². The molecule has 1 aliphatic rings. The van der Waals surface area contributed by atoms with Gasteiger partial charge in [0.1, 0.15) is 12.1 Å². The van der Waals surface area contributed by atoms with E-state index < -0.39 is 0 Å². The van der Waals surface area contributed by atoms with Gasteiger partial charge in [0.2, 0.25) is 12.2 Å². The Kier molecular flexibility index (Phi) is 4.04. The van der Waals surface area contributed by atoms with Crippen molar-refractivity contribution in [2.24, 2.45) is 0 Å². The van der Waals surface area contributed by atoms with Crippen molar-refractivity contribution in [2.45, 2.75) is 25.6 Å². The monoisotopic (exact) mass is 326 g/mol. The Balaban J connectivity index is 1.70. The van der Waals surface area contributed by atoms with Crippen molar-refractivity contribution in [3.05, 3.63) is 36.7 Å². The van der Waals surface area contributed by atoms with E-state index in [1.807, 2.05) is 24.3 Å². The molecule has 0 spiro atoms. The van der Waals surface area contributed by atoms with Crippen molar-refractivity contribution >= 4 is 10.9 Å². The first-order valence-corrected chi connectivity index (χ1v) is 8.01. The third-order valence-corrected chi connectivity index (χ3v) is 4.05. The molecule has 4 rings (SSSR count). The number of hydrogen-bond acceptors (Lipinski definition) is 6. The summed E-state index contributed by atoms with van der Waals surface area (Å²) in [6, 6.07) is 9.50. The Labute approximate surface area is 139 Å². The fourth-order valence-electron chi connectivity index (χ4n) is 2.79. The Morgan fingerprint density at radius 1 is 1.12 bits per heavy atom. The molecule has 0 aliphatic carbocycles. The predicted molar refractivity (Wildman–Crippen MR) is 88.0 cm³/mol. The maximum atomic E-state index is 5.96. The van der Waals surface area contributed by atoms with Crippen LogP contribution in [0.4, 0.5) is 0 Å². The van der Waals surface area contributed by atoms with Gasteiger partial charge in [-0.3, -0.25) is 0 Å². The van der Waals surface area contributed by atoms with Gasteiger partial charge in [-0.25, -0.2) is 9.97 Å². The van der Waals surface area contributed by atoms with E-state index >= 15 is 0 Å². The van der Waals surface area contributed by atoms with E-state index in [4.69, 9.17) is 18.6 Å². The molecule has 0 amide bonds. The van der Waals surface area contributed by atoms with Gasteiger partial charge in [-0.1, -0.05) is 0 Å². The first-order chi connectivity index (χ1) is 11.8. The van der Waals surface area contributed by atoms with Crippen LogP contribution in [-0.2, 0) is 4.74 Å². The average molecular weight is 326 g/mol. The highest BCUT2D eigenvalue weighted by molar-refractivity contribution is 5.87. The summed E-state index contributed by atoms with van der Waals surface area (Å²) in [7, 11) is 1.58. The van der Waals surface area contributed by atoms with Gasteiger partial charge in [0.05, 0.1) is 24.6 Å². The average Bonchev–Trinajstić information content (AvgIpc) is 3.12. The zero-order valence-corrected chi connectivity index (χ0v) is 13.4. The predicted octanol–water partition coefficient (Wildman–Crippen LogP) is 3.80. The van der Waals surface area contributed by atoms with E-state index in [1.54, 1.807) is 13.2 Å². The highest BCUT2D eigenvalue weighted by atomic mass is 16.7. The van der Waals surface area contributed by atoms with Crippen LogP contribution in [-0.4, -0.2) is 30.0 Å². The number of nitrogens with zero attached hydrogens (tertiary/aromatic N) is 2. The Bertz CT molecular complexity index is 840. The molecule has 0 radical (unpaired) electrons. The highest BCUT2D eigenvalue weighted by Crippen LogP contribution is 2.31. The minimum absolute atomic E-state index is 0.246. The lowest BCUT2D eigenvalue weighted by Gasteiger charge is -2.23. The molecule has 1 unspecified atom stereocenters. The topological polar surface area (TPSA) is 66.6 Å². The van der Waals surface area contributed by atoms with Crippen LogP contribution in [0.25, 0.3) is 22.2 Å². The van der Waals surface area contributed by atoms with Crippen molar-refractivity contribution in [3.8, 4) is 23.1 Å². The molecule has 3 aromatic rings. The Hall–Kier alpha value is -2.60. The lowest BCUT2D eigenvalue weighted by Crippen LogP contribution is -2.25. The van der Waals surface area contributed by atoms with Crippen molar-refractivity contribution < 1.29 is 18.6 Å². The van der Waals surface area contributed by atoms with Gasteiger partial charge in [0.15, 0.2) is 0 Å². The number of benzene rings is 1. The van der Waals surface area contributed by atoms with E-state index in [9.17, 15) is 0 Å². The summed E-state index contributed by atoms with van der Waals surface area (Å²) in [5, 5.41) is 0.833. The van der Waals surface area contributed by atoms with Crippen LogP contribution >= 0.6 is 0 Å². The summed E-state index contributed by atoms with van der Waals surface area (Å²) in [5.74, 6) is 1.73. The lowest BCUT2D eigenvalue weighted by atomic mass is 10.1. The smallest absolute Gasteiger partial charge is 0.284 e. The molecule has 1 saturated heterocycles. The molecular formula is C18H18N2O4. The molecule has 1 atom stereocenters. The Morgan fingerprint density at radius 3 is 2.88 bits per heavy atom. The largest absolute Gasteiger partial charge is 0.468 e. The molecule has 124 valence electrons. The second-order valence-electron chi connectivity index (χ2n) is 5.65. The summed E-state index contributed by atoms with van der Waals surface area (Å²) >= 11 is 0. The number of furan rings is 1. The molecule has 0 bridgehead atoms.